The molecule has 0 bridgehead atoms. The molecule has 0 aromatic heterocycles. The number of nitrogens with zero attached hydrogens (tertiary/aromatic N) is 4. The molecule has 8 nitrogen and oxygen atoms in total. The largest absolute Gasteiger partial charge is 0.378 e. The number of ether oxygens (including phenoxy) is 1. The first-order chi connectivity index (χ1) is 19.9. The summed E-state index contributed by atoms with van der Waals surface area (Å²) >= 11 is 7.02. The van der Waals surface area contributed by atoms with E-state index in [0.717, 1.165) is 50.6 Å². The van der Waals surface area contributed by atoms with Crippen molar-refractivity contribution in [2.45, 2.75) is 25.3 Å². The number of hydrogen-bond donors (Lipinski definition) is 0. The standard InChI is InChI=1S/C31H28Br2N4O4/c32-24-9-4-20(5-10-24)18-22-2-1-3-26-29(22)34-36(30(26)21-6-11-25(33)12-7-21)31(38)23-8-13-27(28(19-23)37(39)40)35-14-16-41-17-15-35/h4-13,18-19,26,30H,1-3,14-17H2/b22-18+/t26-,30+/m0/s1. The van der Waals surface area contributed by atoms with Crippen LogP contribution in [0.4, 0.5) is 11.4 Å². The number of carbonyl (C=O) groups is 1. The fourth-order valence-electron chi connectivity index (χ4n) is 5.93. The first-order valence-electron chi connectivity index (χ1n) is 13.6. The molecule has 0 spiro atoms. The summed E-state index contributed by atoms with van der Waals surface area (Å²) in [7, 11) is 0. The van der Waals surface area contributed by atoms with Gasteiger partial charge in [0.1, 0.15) is 5.69 Å². The highest BCUT2D eigenvalue weighted by Crippen LogP contribution is 2.45. The zero-order chi connectivity index (χ0) is 28.5. The predicted octanol–water partition coefficient (Wildman–Crippen LogP) is 7.39. The molecule has 0 radical (unpaired) electrons. The smallest absolute Gasteiger partial charge is 0.293 e. The van der Waals surface area contributed by atoms with E-state index in [-0.39, 0.29) is 29.1 Å². The Labute approximate surface area is 255 Å². The number of morpholine rings is 1. The van der Waals surface area contributed by atoms with Crippen LogP contribution in [0.1, 0.15) is 46.8 Å². The van der Waals surface area contributed by atoms with Gasteiger partial charge in [0.05, 0.1) is 29.9 Å². The Hall–Kier alpha value is -3.34. The summed E-state index contributed by atoms with van der Waals surface area (Å²) in [4.78, 5) is 27.8. The second-order valence-electron chi connectivity index (χ2n) is 10.4. The molecule has 1 aliphatic carbocycles. The van der Waals surface area contributed by atoms with E-state index < -0.39 is 4.92 Å². The maximum Gasteiger partial charge on any atom is 0.293 e. The van der Waals surface area contributed by atoms with Crippen LogP contribution in [0.5, 0.6) is 0 Å². The van der Waals surface area contributed by atoms with Crippen LogP contribution in [-0.4, -0.2) is 47.9 Å². The Morgan fingerprint density at radius 3 is 2.37 bits per heavy atom. The number of fused-ring (bicyclic) bond motifs is 1. The Bertz CT molecular complexity index is 1530. The van der Waals surface area contributed by atoms with Gasteiger partial charge in [-0.2, -0.15) is 5.10 Å². The Kier molecular flexibility index (Phi) is 8.05. The van der Waals surface area contributed by atoms with Gasteiger partial charge in [0.2, 0.25) is 0 Å². The van der Waals surface area contributed by atoms with E-state index in [1.165, 1.54) is 6.07 Å². The molecule has 0 N–H and O–H groups in total. The number of carbonyl (C=O) groups excluding carboxylic acids is 1. The van der Waals surface area contributed by atoms with Crippen LogP contribution in [0, 0.1) is 16.0 Å². The SMILES string of the molecule is O=C(c1ccc(N2CCOCC2)c([N+](=O)[O-])c1)N1N=C2/C(=C/c3ccc(Br)cc3)CCC[C@@H]2[C@H]1c1ccc(Br)cc1. The molecule has 3 aliphatic rings. The maximum absolute atomic E-state index is 14.1. The van der Waals surface area contributed by atoms with Crippen LogP contribution in [-0.2, 0) is 4.74 Å². The van der Waals surface area contributed by atoms with Gasteiger partial charge in [0.15, 0.2) is 0 Å². The highest BCUT2D eigenvalue weighted by Gasteiger charge is 2.44. The molecule has 6 rings (SSSR count). The number of amides is 1. The molecule has 41 heavy (non-hydrogen) atoms. The number of rotatable bonds is 5. The number of halogens is 2. The van der Waals surface area contributed by atoms with E-state index in [1.807, 2.05) is 41.3 Å². The van der Waals surface area contributed by atoms with Gasteiger partial charge in [-0.1, -0.05) is 56.1 Å². The first-order valence-corrected chi connectivity index (χ1v) is 15.2. The monoisotopic (exact) mass is 678 g/mol. The van der Waals surface area contributed by atoms with Gasteiger partial charge in [-0.3, -0.25) is 14.9 Å². The summed E-state index contributed by atoms with van der Waals surface area (Å²) in [5.74, 6) is -0.322. The molecule has 1 saturated heterocycles. The normalized spacial score (nSPS) is 21.5. The fraction of sp³-hybridized carbons (Fsp3) is 0.290. The number of nitro groups is 1. The molecule has 1 amide bonds. The number of anilines is 1. The summed E-state index contributed by atoms with van der Waals surface area (Å²) < 4.78 is 7.38. The fourth-order valence-corrected chi connectivity index (χ4v) is 6.46. The molecule has 2 aliphatic heterocycles. The second kappa shape index (κ2) is 11.9. The first kappa shape index (κ1) is 27.8. The molecular formula is C31H28Br2N4O4. The summed E-state index contributed by atoms with van der Waals surface area (Å²) in [5, 5.41) is 18.6. The minimum absolute atomic E-state index is 0.0261. The van der Waals surface area contributed by atoms with Crippen molar-refractivity contribution in [3.63, 3.8) is 0 Å². The average molecular weight is 680 g/mol. The third-order valence-electron chi connectivity index (χ3n) is 7.90. The Morgan fingerprint density at radius 1 is 1.00 bits per heavy atom. The molecule has 2 fully saturated rings. The van der Waals surface area contributed by atoms with Crippen molar-refractivity contribution in [3.8, 4) is 0 Å². The highest BCUT2D eigenvalue weighted by atomic mass is 79.9. The van der Waals surface area contributed by atoms with Gasteiger partial charge in [0, 0.05) is 39.6 Å². The number of hydrazone groups is 1. The molecule has 3 aromatic carbocycles. The van der Waals surface area contributed by atoms with Crippen LogP contribution in [0.15, 0.2) is 86.3 Å². The van der Waals surface area contributed by atoms with Crippen molar-refractivity contribution in [1.29, 1.82) is 0 Å². The molecule has 210 valence electrons. The number of hydrogen-bond acceptors (Lipinski definition) is 6. The molecule has 0 unspecified atom stereocenters. The van der Waals surface area contributed by atoms with Crippen LogP contribution in [0.25, 0.3) is 6.08 Å². The number of benzene rings is 3. The van der Waals surface area contributed by atoms with Gasteiger partial charge in [-0.15, -0.1) is 0 Å². The molecule has 2 atom stereocenters. The lowest BCUT2D eigenvalue weighted by atomic mass is 9.77. The quantitative estimate of drug-likeness (QED) is 0.207. The van der Waals surface area contributed by atoms with Crippen LogP contribution < -0.4 is 4.90 Å². The minimum atomic E-state index is -0.414. The van der Waals surface area contributed by atoms with Crippen molar-refractivity contribution in [3.05, 3.63) is 108 Å². The predicted molar refractivity (Wildman–Crippen MR) is 166 cm³/mol. The second-order valence-corrected chi connectivity index (χ2v) is 12.2. The van der Waals surface area contributed by atoms with Gasteiger partial charge >= 0.3 is 0 Å². The van der Waals surface area contributed by atoms with Crippen LogP contribution in [0.3, 0.4) is 0 Å². The molecule has 3 aromatic rings. The lowest BCUT2D eigenvalue weighted by Gasteiger charge is -2.30. The highest BCUT2D eigenvalue weighted by molar-refractivity contribution is 9.10. The van der Waals surface area contributed by atoms with Gasteiger partial charge < -0.3 is 9.64 Å². The van der Waals surface area contributed by atoms with Crippen molar-refractivity contribution in [2.24, 2.45) is 11.0 Å². The van der Waals surface area contributed by atoms with E-state index in [2.05, 4.69) is 50.1 Å². The van der Waals surface area contributed by atoms with E-state index in [4.69, 9.17) is 9.84 Å². The minimum Gasteiger partial charge on any atom is -0.378 e. The molecule has 1 saturated carbocycles. The molecule has 10 heteroatoms. The third kappa shape index (κ3) is 5.73. The zero-order valence-electron chi connectivity index (χ0n) is 22.2. The van der Waals surface area contributed by atoms with Crippen LogP contribution >= 0.6 is 31.9 Å². The van der Waals surface area contributed by atoms with Crippen LogP contribution in [0.2, 0.25) is 0 Å². The van der Waals surface area contributed by atoms with Gasteiger partial charge in [0.25, 0.3) is 11.6 Å². The Balaban J connectivity index is 1.40. The third-order valence-corrected chi connectivity index (χ3v) is 8.96. The molecule has 2 heterocycles. The molecular weight excluding hydrogens is 652 g/mol. The van der Waals surface area contributed by atoms with E-state index in [1.54, 1.807) is 17.1 Å². The van der Waals surface area contributed by atoms with Crippen molar-refractivity contribution in [1.82, 2.24) is 5.01 Å². The van der Waals surface area contributed by atoms with E-state index in [9.17, 15) is 14.9 Å². The lowest BCUT2D eigenvalue weighted by molar-refractivity contribution is -0.384. The van der Waals surface area contributed by atoms with Crippen molar-refractivity contribution < 1.29 is 14.5 Å². The summed E-state index contributed by atoms with van der Waals surface area (Å²) in [6, 6.07) is 20.6. The number of allylic oxidation sites excluding steroid dienone is 1. The lowest BCUT2D eigenvalue weighted by Crippen LogP contribution is -2.36. The zero-order valence-corrected chi connectivity index (χ0v) is 25.4. The summed E-state index contributed by atoms with van der Waals surface area (Å²) in [6.07, 6.45) is 4.92. The number of nitro benzene ring substituents is 1. The summed E-state index contributed by atoms with van der Waals surface area (Å²) in [6.45, 7) is 2.15. The van der Waals surface area contributed by atoms with Gasteiger partial charge in [-0.05, 0) is 78.4 Å². The van der Waals surface area contributed by atoms with Crippen molar-refractivity contribution >= 4 is 60.9 Å². The van der Waals surface area contributed by atoms with Gasteiger partial charge in [-0.25, -0.2) is 5.01 Å². The van der Waals surface area contributed by atoms with E-state index in [0.29, 0.717) is 32.0 Å². The summed E-state index contributed by atoms with van der Waals surface area (Å²) in [5.41, 5.74) is 4.76. The Morgan fingerprint density at radius 2 is 1.68 bits per heavy atom. The van der Waals surface area contributed by atoms with Crippen molar-refractivity contribution in [2.75, 3.05) is 31.2 Å². The topological polar surface area (TPSA) is 88.3 Å². The maximum atomic E-state index is 14.1. The average Bonchev–Trinajstić information content (AvgIpc) is 3.39. The van der Waals surface area contributed by atoms with E-state index >= 15 is 0 Å².